The zero-order valence-electron chi connectivity index (χ0n) is 8.87. The molecule has 0 heterocycles. The summed E-state index contributed by atoms with van der Waals surface area (Å²) < 4.78 is 35.4. The van der Waals surface area contributed by atoms with Crippen molar-refractivity contribution in [2.24, 2.45) is 5.73 Å². The highest BCUT2D eigenvalue weighted by Gasteiger charge is 2.29. The van der Waals surface area contributed by atoms with Gasteiger partial charge in [-0.2, -0.15) is 13.2 Å². The zero-order valence-corrected chi connectivity index (χ0v) is 8.87. The lowest BCUT2D eigenvalue weighted by Gasteiger charge is -2.23. The summed E-state index contributed by atoms with van der Waals surface area (Å²) in [7, 11) is 0. The first-order chi connectivity index (χ1) is 6.91. The minimum atomic E-state index is -4.03. The molecule has 1 rings (SSSR count). The van der Waals surface area contributed by atoms with Gasteiger partial charge in [0.15, 0.2) is 0 Å². The SMILES string of the molecule is NC1(CNCCCC(F)(F)F)CCCC1. The molecule has 0 saturated heterocycles. The highest BCUT2D eigenvalue weighted by atomic mass is 19.4. The van der Waals surface area contributed by atoms with Crippen LogP contribution in [0, 0.1) is 0 Å². The van der Waals surface area contributed by atoms with Crippen molar-refractivity contribution >= 4 is 0 Å². The molecule has 0 aliphatic heterocycles. The molecule has 0 aromatic heterocycles. The Morgan fingerprint density at radius 2 is 1.80 bits per heavy atom. The minimum Gasteiger partial charge on any atom is -0.324 e. The molecule has 5 heteroatoms. The van der Waals surface area contributed by atoms with Gasteiger partial charge in [0, 0.05) is 18.5 Å². The Morgan fingerprint density at radius 1 is 1.20 bits per heavy atom. The molecule has 1 saturated carbocycles. The molecule has 0 radical (unpaired) electrons. The van der Waals surface area contributed by atoms with Gasteiger partial charge in [-0.3, -0.25) is 0 Å². The Bertz CT molecular complexity index is 186. The summed E-state index contributed by atoms with van der Waals surface area (Å²) in [6, 6.07) is 0. The number of hydrogen-bond donors (Lipinski definition) is 2. The Balaban J connectivity index is 2.02. The van der Waals surface area contributed by atoms with Crippen LogP contribution in [0.2, 0.25) is 0 Å². The second-order valence-corrected chi connectivity index (χ2v) is 4.46. The van der Waals surface area contributed by atoms with Crippen LogP contribution in [0.3, 0.4) is 0 Å². The lowest BCUT2D eigenvalue weighted by atomic mass is 9.99. The Hall–Kier alpha value is -0.290. The van der Waals surface area contributed by atoms with Crippen molar-refractivity contribution < 1.29 is 13.2 Å². The quantitative estimate of drug-likeness (QED) is 0.702. The molecule has 0 aromatic carbocycles. The second-order valence-electron chi connectivity index (χ2n) is 4.46. The third kappa shape index (κ3) is 5.37. The number of alkyl halides is 3. The lowest BCUT2D eigenvalue weighted by molar-refractivity contribution is -0.135. The highest BCUT2D eigenvalue weighted by Crippen LogP contribution is 2.26. The van der Waals surface area contributed by atoms with E-state index in [1.165, 1.54) is 0 Å². The van der Waals surface area contributed by atoms with Crippen LogP contribution in [0.1, 0.15) is 38.5 Å². The Labute approximate surface area is 88.4 Å². The fraction of sp³-hybridized carbons (Fsp3) is 1.00. The molecular formula is C10H19F3N2. The maximum atomic E-state index is 11.8. The fourth-order valence-corrected chi connectivity index (χ4v) is 2.01. The predicted octanol–water partition coefficient (Wildman–Crippen LogP) is 2.19. The topological polar surface area (TPSA) is 38.0 Å². The summed E-state index contributed by atoms with van der Waals surface area (Å²) in [5.74, 6) is 0. The standard InChI is InChI=1S/C10H19F3N2/c11-10(12,13)6-3-7-15-8-9(14)4-1-2-5-9/h15H,1-8,14H2. The van der Waals surface area contributed by atoms with Crippen LogP contribution < -0.4 is 11.1 Å². The maximum Gasteiger partial charge on any atom is 0.389 e. The van der Waals surface area contributed by atoms with E-state index >= 15 is 0 Å². The molecule has 1 fully saturated rings. The maximum absolute atomic E-state index is 11.8. The normalized spacial score (nSPS) is 20.8. The summed E-state index contributed by atoms with van der Waals surface area (Å²) in [4.78, 5) is 0. The van der Waals surface area contributed by atoms with Gasteiger partial charge in [0.25, 0.3) is 0 Å². The van der Waals surface area contributed by atoms with Gasteiger partial charge in [-0.1, -0.05) is 12.8 Å². The summed E-state index contributed by atoms with van der Waals surface area (Å²) in [6.07, 6.45) is -0.355. The summed E-state index contributed by atoms with van der Waals surface area (Å²) >= 11 is 0. The van der Waals surface area contributed by atoms with Crippen molar-refractivity contribution in [1.82, 2.24) is 5.32 Å². The van der Waals surface area contributed by atoms with Crippen LogP contribution in [0.5, 0.6) is 0 Å². The van der Waals surface area contributed by atoms with E-state index in [1.54, 1.807) is 0 Å². The van der Waals surface area contributed by atoms with Crippen LogP contribution in [0.25, 0.3) is 0 Å². The van der Waals surface area contributed by atoms with Gasteiger partial charge in [0.2, 0.25) is 0 Å². The molecule has 3 N–H and O–H groups in total. The van der Waals surface area contributed by atoms with Crippen molar-refractivity contribution in [3.8, 4) is 0 Å². The first-order valence-corrected chi connectivity index (χ1v) is 5.48. The van der Waals surface area contributed by atoms with E-state index in [9.17, 15) is 13.2 Å². The number of hydrogen-bond acceptors (Lipinski definition) is 2. The van der Waals surface area contributed by atoms with Gasteiger partial charge in [-0.25, -0.2) is 0 Å². The van der Waals surface area contributed by atoms with Crippen LogP contribution in [-0.4, -0.2) is 24.8 Å². The van der Waals surface area contributed by atoms with E-state index in [0.717, 1.165) is 25.7 Å². The van der Waals surface area contributed by atoms with E-state index in [0.29, 0.717) is 13.1 Å². The smallest absolute Gasteiger partial charge is 0.324 e. The van der Waals surface area contributed by atoms with Gasteiger partial charge < -0.3 is 11.1 Å². The average Bonchev–Trinajstić information content (AvgIpc) is 2.50. The molecule has 1 aliphatic rings. The molecule has 15 heavy (non-hydrogen) atoms. The third-order valence-corrected chi connectivity index (χ3v) is 2.89. The molecule has 90 valence electrons. The summed E-state index contributed by atoms with van der Waals surface area (Å²) in [5.41, 5.74) is 5.87. The van der Waals surface area contributed by atoms with Gasteiger partial charge in [-0.05, 0) is 25.8 Å². The van der Waals surface area contributed by atoms with Crippen LogP contribution in [0.4, 0.5) is 13.2 Å². The molecule has 0 amide bonds. The van der Waals surface area contributed by atoms with E-state index in [4.69, 9.17) is 5.73 Å². The van der Waals surface area contributed by atoms with Crippen LogP contribution in [0.15, 0.2) is 0 Å². The van der Waals surface area contributed by atoms with Crippen molar-refractivity contribution in [2.45, 2.75) is 50.2 Å². The van der Waals surface area contributed by atoms with Crippen LogP contribution >= 0.6 is 0 Å². The number of rotatable bonds is 5. The summed E-state index contributed by atoms with van der Waals surface area (Å²) in [5, 5.41) is 3.02. The number of nitrogens with one attached hydrogen (secondary N) is 1. The molecule has 0 unspecified atom stereocenters. The van der Waals surface area contributed by atoms with Gasteiger partial charge >= 0.3 is 6.18 Å². The van der Waals surface area contributed by atoms with Crippen molar-refractivity contribution in [1.29, 1.82) is 0 Å². The van der Waals surface area contributed by atoms with E-state index < -0.39 is 12.6 Å². The molecule has 2 nitrogen and oxygen atoms in total. The Kier molecular flexibility index (Phi) is 4.40. The fourth-order valence-electron chi connectivity index (χ4n) is 2.01. The van der Waals surface area contributed by atoms with Gasteiger partial charge in [0.05, 0.1) is 0 Å². The summed E-state index contributed by atoms with van der Waals surface area (Å²) in [6.45, 7) is 1.04. The first kappa shape index (κ1) is 12.8. The predicted molar refractivity (Wildman–Crippen MR) is 53.5 cm³/mol. The molecular weight excluding hydrogens is 205 g/mol. The van der Waals surface area contributed by atoms with Crippen molar-refractivity contribution in [2.75, 3.05) is 13.1 Å². The first-order valence-electron chi connectivity index (χ1n) is 5.48. The average molecular weight is 224 g/mol. The monoisotopic (exact) mass is 224 g/mol. The molecule has 0 aromatic rings. The van der Waals surface area contributed by atoms with Crippen LogP contribution in [-0.2, 0) is 0 Å². The molecule has 0 bridgehead atoms. The highest BCUT2D eigenvalue weighted by molar-refractivity contribution is 4.90. The van der Waals surface area contributed by atoms with Gasteiger partial charge in [-0.15, -0.1) is 0 Å². The van der Waals surface area contributed by atoms with E-state index in [2.05, 4.69) is 5.32 Å². The minimum absolute atomic E-state index is 0.138. The van der Waals surface area contributed by atoms with E-state index in [1.807, 2.05) is 0 Å². The molecule has 0 atom stereocenters. The molecule has 1 aliphatic carbocycles. The molecule has 0 spiro atoms. The van der Waals surface area contributed by atoms with Crippen molar-refractivity contribution in [3.05, 3.63) is 0 Å². The number of nitrogens with two attached hydrogens (primary N) is 1. The second kappa shape index (κ2) is 5.16. The third-order valence-electron chi connectivity index (χ3n) is 2.89. The van der Waals surface area contributed by atoms with Gasteiger partial charge in [0.1, 0.15) is 0 Å². The lowest BCUT2D eigenvalue weighted by Crippen LogP contribution is -2.46. The van der Waals surface area contributed by atoms with E-state index in [-0.39, 0.29) is 12.0 Å². The van der Waals surface area contributed by atoms with Crippen molar-refractivity contribution in [3.63, 3.8) is 0 Å². The largest absolute Gasteiger partial charge is 0.389 e. The number of halogens is 3. The Morgan fingerprint density at radius 3 is 2.33 bits per heavy atom. The zero-order chi connectivity index (χ0) is 11.4.